The Labute approximate surface area is 133 Å². The van der Waals surface area contributed by atoms with Crippen LogP contribution in [0.25, 0.3) is 0 Å². The SMILES string of the molecule is O=C(Oc1ccc(N=Nc2ccncc2)cc1)c1ccccc1. The van der Waals surface area contributed by atoms with Gasteiger partial charge in [0, 0.05) is 12.4 Å². The minimum Gasteiger partial charge on any atom is -0.423 e. The topological polar surface area (TPSA) is 63.9 Å². The first kappa shape index (κ1) is 14.6. The number of esters is 1. The summed E-state index contributed by atoms with van der Waals surface area (Å²) in [4.78, 5) is 15.9. The van der Waals surface area contributed by atoms with Crippen molar-refractivity contribution in [1.82, 2.24) is 4.98 Å². The van der Waals surface area contributed by atoms with Crippen molar-refractivity contribution in [3.63, 3.8) is 0 Å². The Kier molecular flexibility index (Phi) is 4.49. The van der Waals surface area contributed by atoms with Gasteiger partial charge in [-0.25, -0.2) is 4.79 Å². The normalized spacial score (nSPS) is 10.6. The molecule has 0 aliphatic carbocycles. The number of carbonyl (C=O) groups is 1. The van der Waals surface area contributed by atoms with Crippen LogP contribution in [0.3, 0.4) is 0 Å². The Balaban J connectivity index is 1.65. The highest BCUT2D eigenvalue weighted by atomic mass is 16.5. The molecule has 2 aromatic carbocycles. The molecular weight excluding hydrogens is 290 g/mol. The van der Waals surface area contributed by atoms with Crippen LogP contribution >= 0.6 is 0 Å². The van der Waals surface area contributed by atoms with Crippen molar-refractivity contribution in [2.24, 2.45) is 10.2 Å². The highest BCUT2D eigenvalue weighted by Gasteiger charge is 2.07. The lowest BCUT2D eigenvalue weighted by molar-refractivity contribution is 0.0735. The highest BCUT2D eigenvalue weighted by Crippen LogP contribution is 2.21. The lowest BCUT2D eigenvalue weighted by atomic mass is 10.2. The quantitative estimate of drug-likeness (QED) is 0.398. The van der Waals surface area contributed by atoms with Crippen molar-refractivity contribution in [2.45, 2.75) is 0 Å². The molecule has 23 heavy (non-hydrogen) atoms. The summed E-state index contributed by atoms with van der Waals surface area (Å²) in [5.41, 5.74) is 1.90. The van der Waals surface area contributed by atoms with Gasteiger partial charge in [-0.3, -0.25) is 4.98 Å². The van der Waals surface area contributed by atoms with Gasteiger partial charge in [0.05, 0.1) is 16.9 Å². The number of carbonyl (C=O) groups excluding carboxylic acids is 1. The Bertz CT molecular complexity index is 801. The van der Waals surface area contributed by atoms with Crippen LogP contribution in [0.2, 0.25) is 0 Å². The number of aromatic nitrogens is 1. The minimum absolute atomic E-state index is 0.392. The van der Waals surface area contributed by atoms with E-state index >= 15 is 0 Å². The molecule has 0 fully saturated rings. The van der Waals surface area contributed by atoms with Crippen LogP contribution in [0.4, 0.5) is 11.4 Å². The van der Waals surface area contributed by atoms with E-state index in [1.165, 1.54) is 0 Å². The Hall–Kier alpha value is -3.34. The summed E-state index contributed by atoms with van der Waals surface area (Å²) in [5, 5.41) is 8.20. The largest absolute Gasteiger partial charge is 0.423 e. The predicted molar refractivity (Wildman–Crippen MR) is 86.3 cm³/mol. The first-order valence-corrected chi connectivity index (χ1v) is 7.00. The van der Waals surface area contributed by atoms with Crippen molar-refractivity contribution in [2.75, 3.05) is 0 Å². The van der Waals surface area contributed by atoms with Gasteiger partial charge in [0.15, 0.2) is 0 Å². The van der Waals surface area contributed by atoms with Gasteiger partial charge in [-0.05, 0) is 48.5 Å². The summed E-state index contributed by atoms with van der Waals surface area (Å²) in [6, 6.07) is 19.2. The van der Waals surface area contributed by atoms with Gasteiger partial charge in [-0.1, -0.05) is 18.2 Å². The van der Waals surface area contributed by atoms with Crippen LogP contribution < -0.4 is 4.74 Å². The molecule has 0 saturated carbocycles. The fraction of sp³-hybridized carbons (Fsp3) is 0. The molecule has 0 N–H and O–H groups in total. The third-order valence-corrected chi connectivity index (χ3v) is 3.00. The van der Waals surface area contributed by atoms with Crippen LogP contribution in [0.5, 0.6) is 5.75 Å². The van der Waals surface area contributed by atoms with Crippen LogP contribution in [0, 0.1) is 0 Å². The second-order valence-electron chi connectivity index (χ2n) is 4.65. The molecular formula is C18H13N3O2. The molecule has 5 heteroatoms. The van der Waals surface area contributed by atoms with E-state index in [1.807, 2.05) is 6.07 Å². The van der Waals surface area contributed by atoms with E-state index in [2.05, 4.69) is 15.2 Å². The van der Waals surface area contributed by atoms with Gasteiger partial charge in [-0.15, -0.1) is 0 Å². The van der Waals surface area contributed by atoms with Gasteiger partial charge in [0.2, 0.25) is 0 Å². The van der Waals surface area contributed by atoms with Crippen molar-refractivity contribution in [1.29, 1.82) is 0 Å². The second-order valence-corrected chi connectivity index (χ2v) is 4.65. The molecule has 3 rings (SSSR count). The van der Waals surface area contributed by atoms with Gasteiger partial charge < -0.3 is 4.74 Å². The van der Waals surface area contributed by atoms with Crippen LogP contribution in [0.1, 0.15) is 10.4 Å². The Morgan fingerprint density at radius 1 is 0.783 bits per heavy atom. The molecule has 0 saturated heterocycles. The lowest BCUT2D eigenvalue weighted by Gasteiger charge is -2.04. The van der Waals surface area contributed by atoms with E-state index in [1.54, 1.807) is 73.1 Å². The molecule has 0 aliphatic rings. The third-order valence-electron chi connectivity index (χ3n) is 3.00. The van der Waals surface area contributed by atoms with Crippen LogP contribution in [-0.4, -0.2) is 11.0 Å². The summed E-state index contributed by atoms with van der Waals surface area (Å²) in [6.07, 6.45) is 3.31. The van der Waals surface area contributed by atoms with Gasteiger partial charge in [-0.2, -0.15) is 10.2 Å². The first-order chi connectivity index (χ1) is 11.3. The summed E-state index contributed by atoms with van der Waals surface area (Å²) in [6.45, 7) is 0. The van der Waals surface area contributed by atoms with E-state index in [4.69, 9.17) is 4.74 Å². The van der Waals surface area contributed by atoms with Crippen molar-refractivity contribution < 1.29 is 9.53 Å². The number of pyridine rings is 1. The maximum Gasteiger partial charge on any atom is 0.343 e. The molecule has 0 radical (unpaired) electrons. The second kappa shape index (κ2) is 7.09. The molecule has 0 atom stereocenters. The zero-order chi connectivity index (χ0) is 15.9. The van der Waals surface area contributed by atoms with E-state index in [-0.39, 0.29) is 0 Å². The van der Waals surface area contributed by atoms with Gasteiger partial charge >= 0.3 is 5.97 Å². The van der Waals surface area contributed by atoms with Gasteiger partial charge in [0.1, 0.15) is 5.75 Å². The standard InChI is InChI=1S/C18H13N3O2/c22-18(14-4-2-1-3-5-14)23-17-8-6-15(7-9-17)20-21-16-10-12-19-13-11-16/h1-13H. The molecule has 1 aromatic heterocycles. The Morgan fingerprint density at radius 3 is 2.04 bits per heavy atom. The number of benzene rings is 2. The molecule has 0 unspecified atom stereocenters. The maximum absolute atomic E-state index is 11.9. The van der Waals surface area contributed by atoms with E-state index in [0.717, 1.165) is 5.69 Å². The van der Waals surface area contributed by atoms with Gasteiger partial charge in [0.25, 0.3) is 0 Å². The molecule has 3 aromatic rings. The monoisotopic (exact) mass is 303 g/mol. The molecule has 5 nitrogen and oxygen atoms in total. The summed E-state index contributed by atoms with van der Waals surface area (Å²) in [7, 11) is 0. The zero-order valence-electron chi connectivity index (χ0n) is 12.2. The number of rotatable bonds is 4. The number of hydrogen-bond donors (Lipinski definition) is 0. The van der Waals surface area contributed by atoms with Crippen LogP contribution in [0.15, 0.2) is 89.4 Å². The number of azo groups is 1. The molecule has 0 aliphatic heterocycles. The zero-order valence-corrected chi connectivity index (χ0v) is 12.2. The molecule has 0 bridgehead atoms. The van der Waals surface area contributed by atoms with Crippen LogP contribution in [-0.2, 0) is 0 Å². The smallest absolute Gasteiger partial charge is 0.343 e. The highest BCUT2D eigenvalue weighted by molar-refractivity contribution is 5.90. The van der Waals surface area contributed by atoms with E-state index < -0.39 is 5.97 Å². The summed E-state index contributed by atoms with van der Waals surface area (Å²) < 4.78 is 5.30. The van der Waals surface area contributed by atoms with Crippen molar-refractivity contribution >= 4 is 17.3 Å². The molecule has 0 spiro atoms. The number of ether oxygens (including phenoxy) is 1. The average molecular weight is 303 g/mol. The first-order valence-electron chi connectivity index (χ1n) is 7.00. The maximum atomic E-state index is 11.9. The summed E-state index contributed by atoms with van der Waals surface area (Å²) >= 11 is 0. The van der Waals surface area contributed by atoms with Crippen molar-refractivity contribution in [3.05, 3.63) is 84.7 Å². The van der Waals surface area contributed by atoms with E-state index in [9.17, 15) is 4.79 Å². The molecule has 112 valence electrons. The Morgan fingerprint density at radius 2 is 1.39 bits per heavy atom. The van der Waals surface area contributed by atoms with Crippen molar-refractivity contribution in [3.8, 4) is 5.75 Å². The molecule has 1 heterocycles. The minimum atomic E-state index is -0.392. The average Bonchev–Trinajstić information content (AvgIpc) is 2.63. The fourth-order valence-corrected chi connectivity index (χ4v) is 1.85. The molecule has 0 amide bonds. The number of hydrogen-bond acceptors (Lipinski definition) is 5. The fourth-order valence-electron chi connectivity index (χ4n) is 1.85. The summed E-state index contributed by atoms with van der Waals surface area (Å²) in [5.74, 6) is 0.0680. The number of nitrogens with zero attached hydrogens (tertiary/aromatic N) is 3. The third kappa shape index (κ3) is 4.07. The van der Waals surface area contributed by atoms with E-state index in [0.29, 0.717) is 17.0 Å². The predicted octanol–water partition coefficient (Wildman–Crippen LogP) is 4.72. The lowest BCUT2D eigenvalue weighted by Crippen LogP contribution is -2.07.